The Bertz CT molecular complexity index is 853. The van der Waals surface area contributed by atoms with Crippen molar-refractivity contribution in [1.29, 1.82) is 0 Å². The third kappa shape index (κ3) is 4.67. The molecule has 0 aliphatic rings. The number of amides is 1. The molecule has 1 amide bonds. The van der Waals surface area contributed by atoms with Crippen LogP contribution >= 0.6 is 11.6 Å². The van der Waals surface area contributed by atoms with Crippen molar-refractivity contribution in [2.24, 2.45) is 0 Å². The number of halogens is 1. The second-order valence-corrected chi connectivity index (χ2v) is 5.50. The van der Waals surface area contributed by atoms with Crippen LogP contribution in [0.2, 0.25) is 5.02 Å². The fraction of sp³-hybridized carbons (Fsp3) is 0.125. The largest absolute Gasteiger partial charge is 0.507 e. The number of aromatic hydroxyl groups is 1. The zero-order chi connectivity index (χ0) is 18.6. The number of anilines is 1. The molecule has 0 saturated heterocycles. The first kappa shape index (κ1) is 18.2. The number of carbonyl (C=O) groups excluding carboxylic acids is 2. The molecule has 0 atom stereocenters. The van der Waals surface area contributed by atoms with Crippen LogP contribution in [0.5, 0.6) is 5.75 Å². The van der Waals surface area contributed by atoms with Crippen LogP contribution in [0, 0.1) is 17.0 Å². The van der Waals surface area contributed by atoms with Gasteiger partial charge in [0.25, 0.3) is 11.6 Å². The van der Waals surface area contributed by atoms with Crippen LogP contribution in [0.25, 0.3) is 0 Å². The molecule has 0 radical (unpaired) electrons. The van der Waals surface area contributed by atoms with Gasteiger partial charge in [0.15, 0.2) is 6.61 Å². The number of esters is 1. The lowest BCUT2D eigenvalue weighted by atomic mass is 10.1. The van der Waals surface area contributed by atoms with Crippen molar-refractivity contribution in [3.63, 3.8) is 0 Å². The highest BCUT2D eigenvalue weighted by atomic mass is 35.5. The van der Waals surface area contributed by atoms with Gasteiger partial charge in [0.05, 0.1) is 4.92 Å². The maximum absolute atomic E-state index is 11.9. The summed E-state index contributed by atoms with van der Waals surface area (Å²) in [5.74, 6) is -1.95. The number of aryl methyl sites for hydroxylation is 1. The van der Waals surface area contributed by atoms with Crippen LogP contribution in [0.1, 0.15) is 15.9 Å². The normalized spacial score (nSPS) is 10.2. The van der Waals surface area contributed by atoms with Gasteiger partial charge in [-0.25, -0.2) is 4.79 Å². The fourth-order valence-corrected chi connectivity index (χ4v) is 2.15. The van der Waals surface area contributed by atoms with E-state index in [9.17, 15) is 24.8 Å². The summed E-state index contributed by atoms with van der Waals surface area (Å²) in [6, 6.07) is 8.03. The van der Waals surface area contributed by atoms with Crippen molar-refractivity contribution in [1.82, 2.24) is 0 Å². The minimum Gasteiger partial charge on any atom is -0.507 e. The molecule has 0 fully saturated rings. The Morgan fingerprint density at radius 2 is 2.00 bits per heavy atom. The van der Waals surface area contributed by atoms with Gasteiger partial charge in [0.1, 0.15) is 17.0 Å². The van der Waals surface area contributed by atoms with Gasteiger partial charge in [0, 0.05) is 11.1 Å². The van der Waals surface area contributed by atoms with E-state index in [1.54, 1.807) is 13.0 Å². The summed E-state index contributed by atoms with van der Waals surface area (Å²) in [6.45, 7) is 1.05. The van der Waals surface area contributed by atoms with E-state index >= 15 is 0 Å². The lowest BCUT2D eigenvalue weighted by Crippen LogP contribution is -2.21. The first-order chi connectivity index (χ1) is 11.8. The van der Waals surface area contributed by atoms with E-state index in [2.05, 4.69) is 5.32 Å². The van der Waals surface area contributed by atoms with E-state index < -0.39 is 23.4 Å². The van der Waals surface area contributed by atoms with Crippen LogP contribution in [0.15, 0.2) is 36.4 Å². The van der Waals surface area contributed by atoms with Crippen LogP contribution < -0.4 is 5.32 Å². The number of phenolic OH excluding ortho intramolecular Hbond substituents is 1. The molecule has 0 saturated carbocycles. The highest BCUT2D eigenvalue weighted by molar-refractivity contribution is 6.31. The third-order valence-corrected chi connectivity index (χ3v) is 3.37. The number of ether oxygens (including phenoxy) is 1. The monoisotopic (exact) mass is 364 g/mol. The van der Waals surface area contributed by atoms with Crippen LogP contribution in [0.3, 0.4) is 0 Å². The maximum Gasteiger partial charge on any atom is 0.342 e. The van der Waals surface area contributed by atoms with E-state index in [-0.39, 0.29) is 27.7 Å². The molecule has 9 heteroatoms. The van der Waals surface area contributed by atoms with Gasteiger partial charge in [0.2, 0.25) is 0 Å². The molecular weight excluding hydrogens is 352 g/mol. The lowest BCUT2D eigenvalue weighted by molar-refractivity contribution is -0.383. The third-order valence-electron chi connectivity index (χ3n) is 3.14. The molecule has 0 aliphatic heterocycles. The van der Waals surface area contributed by atoms with Crippen molar-refractivity contribution in [2.45, 2.75) is 6.92 Å². The quantitative estimate of drug-likeness (QED) is 0.478. The van der Waals surface area contributed by atoms with Crippen molar-refractivity contribution in [3.8, 4) is 5.75 Å². The van der Waals surface area contributed by atoms with E-state index in [1.807, 2.05) is 0 Å². The number of carbonyl (C=O) groups is 2. The maximum atomic E-state index is 11.9. The van der Waals surface area contributed by atoms with Gasteiger partial charge in [-0.3, -0.25) is 14.9 Å². The van der Waals surface area contributed by atoms with Crippen molar-refractivity contribution >= 4 is 34.9 Å². The summed E-state index contributed by atoms with van der Waals surface area (Å²) in [6.07, 6.45) is 0. The Labute approximate surface area is 147 Å². The molecule has 2 aromatic rings. The van der Waals surface area contributed by atoms with Crippen LogP contribution in [0.4, 0.5) is 11.4 Å². The molecular formula is C16H13ClN2O6. The van der Waals surface area contributed by atoms with Gasteiger partial charge >= 0.3 is 5.97 Å². The standard InChI is InChI=1S/C16H13ClN2O6/c1-9-2-4-11(14(20)6-9)16(22)25-8-15(21)18-12-7-10(17)3-5-13(12)19(23)24/h2-7,20H,8H2,1H3,(H,18,21). The number of nitrogens with zero attached hydrogens (tertiary/aromatic N) is 1. The average Bonchev–Trinajstić information content (AvgIpc) is 2.52. The first-order valence-electron chi connectivity index (χ1n) is 6.98. The van der Waals surface area contributed by atoms with Crippen LogP contribution in [-0.2, 0) is 9.53 Å². The number of nitrogens with one attached hydrogen (secondary N) is 1. The highest BCUT2D eigenvalue weighted by Gasteiger charge is 2.18. The van der Waals surface area contributed by atoms with Crippen molar-refractivity contribution in [3.05, 3.63) is 62.7 Å². The molecule has 0 aliphatic carbocycles. The first-order valence-corrected chi connectivity index (χ1v) is 7.36. The predicted molar refractivity (Wildman–Crippen MR) is 89.9 cm³/mol. The number of hydrogen-bond donors (Lipinski definition) is 2. The fourth-order valence-electron chi connectivity index (χ4n) is 1.98. The van der Waals surface area contributed by atoms with Gasteiger partial charge in [-0.05, 0) is 36.8 Å². The molecule has 0 unspecified atom stereocenters. The smallest absolute Gasteiger partial charge is 0.342 e. The summed E-state index contributed by atoms with van der Waals surface area (Å²) in [5.41, 5.74) is 0.198. The van der Waals surface area contributed by atoms with E-state index in [0.29, 0.717) is 0 Å². The highest BCUT2D eigenvalue weighted by Crippen LogP contribution is 2.27. The molecule has 25 heavy (non-hydrogen) atoms. The topological polar surface area (TPSA) is 119 Å². The number of benzene rings is 2. The average molecular weight is 365 g/mol. The molecule has 130 valence electrons. The van der Waals surface area contributed by atoms with Gasteiger partial charge in [-0.15, -0.1) is 0 Å². The molecule has 0 heterocycles. The molecule has 2 rings (SSSR count). The second-order valence-electron chi connectivity index (χ2n) is 5.06. The minimum absolute atomic E-state index is 0.0906. The van der Waals surface area contributed by atoms with Gasteiger partial charge in [-0.1, -0.05) is 17.7 Å². The number of rotatable bonds is 5. The van der Waals surface area contributed by atoms with Crippen molar-refractivity contribution < 1.29 is 24.4 Å². The summed E-state index contributed by atoms with van der Waals surface area (Å²) in [7, 11) is 0. The van der Waals surface area contributed by atoms with Crippen LogP contribution in [-0.4, -0.2) is 28.5 Å². The zero-order valence-electron chi connectivity index (χ0n) is 13.0. The Morgan fingerprint density at radius 1 is 1.28 bits per heavy atom. The molecule has 0 spiro atoms. The zero-order valence-corrected chi connectivity index (χ0v) is 13.7. The SMILES string of the molecule is Cc1ccc(C(=O)OCC(=O)Nc2cc(Cl)ccc2[N+](=O)[O-])c(O)c1. The summed E-state index contributed by atoms with van der Waals surface area (Å²) >= 11 is 5.76. The Kier molecular flexibility index (Phi) is 5.56. The Balaban J connectivity index is 2.03. The van der Waals surface area contributed by atoms with E-state index in [0.717, 1.165) is 11.6 Å². The van der Waals surface area contributed by atoms with E-state index in [1.165, 1.54) is 24.3 Å². The number of hydrogen-bond acceptors (Lipinski definition) is 6. The number of nitro groups is 1. The molecule has 8 nitrogen and oxygen atoms in total. The molecule has 0 aromatic heterocycles. The molecule has 2 N–H and O–H groups in total. The Morgan fingerprint density at radius 3 is 2.64 bits per heavy atom. The van der Waals surface area contributed by atoms with E-state index in [4.69, 9.17) is 16.3 Å². The minimum atomic E-state index is -0.895. The lowest BCUT2D eigenvalue weighted by Gasteiger charge is -2.08. The molecule has 2 aromatic carbocycles. The van der Waals surface area contributed by atoms with Gasteiger partial charge in [-0.2, -0.15) is 0 Å². The summed E-state index contributed by atoms with van der Waals surface area (Å²) < 4.78 is 4.80. The molecule has 0 bridgehead atoms. The Hall–Kier alpha value is -3.13. The summed E-state index contributed by atoms with van der Waals surface area (Å²) in [5, 5.41) is 23.1. The number of phenols is 1. The second kappa shape index (κ2) is 7.63. The van der Waals surface area contributed by atoms with Crippen molar-refractivity contribution in [2.75, 3.05) is 11.9 Å². The predicted octanol–water partition coefficient (Wildman–Crippen LogP) is 3.06. The van der Waals surface area contributed by atoms with Gasteiger partial charge < -0.3 is 15.2 Å². The number of nitro benzene ring substituents is 1. The summed E-state index contributed by atoms with van der Waals surface area (Å²) in [4.78, 5) is 34.0.